The minimum atomic E-state index is -0.310. The maximum absolute atomic E-state index is 10.9. The van der Waals surface area contributed by atoms with E-state index in [9.17, 15) is 10.1 Å². The Bertz CT molecular complexity index is 519. The molecule has 0 atom stereocenters. The molecule has 1 aromatic rings. The number of nitro benzene ring substituents is 1. The van der Waals surface area contributed by atoms with Gasteiger partial charge in [-0.25, -0.2) is 0 Å². The van der Waals surface area contributed by atoms with Gasteiger partial charge in [0.25, 0.3) is 5.69 Å². The molecule has 0 bridgehead atoms. The average Bonchev–Trinajstić information content (AvgIpc) is 2.85. The summed E-state index contributed by atoms with van der Waals surface area (Å²) in [4.78, 5) is 15.7. The summed E-state index contributed by atoms with van der Waals surface area (Å²) in [5.41, 5.74) is 1.24. The normalized spacial score (nSPS) is 21.9. The third-order valence-corrected chi connectivity index (χ3v) is 5.24. The first kappa shape index (κ1) is 16.4. The van der Waals surface area contributed by atoms with E-state index in [1.54, 1.807) is 18.2 Å². The molecule has 0 saturated carbocycles. The second-order valence-corrected chi connectivity index (χ2v) is 6.88. The molecule has 2 saturated heterocycles. The first-order chi connectivity index (χ1) is 11.2. The van der Waals surface area contributed by atoms with Crippen molar-refractivity contribution in [3.63, 3.8) is 0 Å². The molecule has 0 N–H and O–H groups in total. The minimum Gasteiger partial charge on any atom is -0.300 e. The fraction of sp³-hybridized carbons (Fsp3) is 0.667. The fourth-order valence-electron chi connectivity index (χ4n) is 3.93. The predicted molar refractivity (Wildman–Crippen MR) is 91.4 cm³/mol. The number of non-ortho nitro benzene ring substituents is 1. The molecule has 0 spiro atoms. The van der Waals surface area contributed by atoms with Crippen LogP contribution in [0.15, 0.2) is 24.3 Å². The van der Waals surface area contributed by atoms with E-state index in [0.717, 1.165) is 31.2 Å². The molecule has 0 aliphatic carbocycles. The lowest BCUT2D eigenvalue weighted by molar-refractivity contribution is -0.384. The van der Waals surface area contributed by atoms with Crippen LogP contribution in [0.2, 0.25) is 0 Å². The summed E-state index contributed by atoms with van der Waals surface area (Å²) in [5, 5.41) is 10.9. The lowest BCUT2D eigenvalue weighted by Gasteiger charge is -2.38. The molecule has 126 valence electrons. The molecule has 0 radical (unpaired) electrons. The van der Waals surface area contributed by atoms with E-state index in [2.05, 4.69) is 9.80 Å². The number of nitrogens with zero attached hydrogens (tertiary/aromatic N) is 3. The van der Waals surface area contributed by atoms with Crippen molar-refractivity contribution in [3.05, 3.63) is 39.9 Å². The van der Waals surface area contributed by atoms with Crippen LogP contribution in [0.1, 0.15) is 44.1 Å². The van der Waals surface area contributed by atoms with Crippen molar-refractivity contribution in [1.82, 2.24) is 9.80 Å². The van der Waals surface area contributed by atoms with Gasteiger partial charge in [-0.05, 0) is 57.4 Å². The van der Waals surface area contributed by atoms with E-state index < -0.39 is 0 Å². The predicted octanol–water partition coefficient (Wildman–Crippen LogP) is 3.44. The summed E-state index contributed by atoms with van der Waals surface area (Å²) in [6.45, 7) is 5.58. The molecule has 23 heavy (non-hydrogen) atoms. The Balaban J connectivity index is 1.51. The molecule has 5 heteroatoms. The summed E-state index contributed by atoms with van der Waals surface area (Å²) in [6.07, 6.45) is 7.95. The van der Waals surface area contributed by atoms with E-state index in [1.807, 2.05) is 6.07 Å². The van der Waals surface area contributed by atoms with Gasteiger partial charge in [0.05, 0.1) is 4.92 Å². The van der Waals surface area contributed by atoms with Crippen molar-refractivity contribution in [2.75, 3.05) is 26.2 Å². The van der Waals surface area contributed by atoms with Crippen LogP contribution in [0.25, 0.3) is 0 Å². The molecule has 2 aliphatic heterocycles. The zero-order valence-electron chi connectivity index (χ0n) is 13.8. The van der Waals surface area contributed by atoms with Crippen LogP contribution in [0.3, 0.4) is 0 Å². The zero-order valence-corrected chi connectivity index (χ0v) is 13.8. The van der Waals surface area contributed by atoms with E-state index in [-0.39, 0.29) is 10.6 Å². The van der Waals surface area contributed by atoms with Crippen molar-refractivity contribution in [2.24, 2.45) is 0 Å². The number of likely N-dealkylation sites (tertiary alicyclic amines) is 2. The van der Waals surface area contributed by atoms with Gasteiger partial charge in [0.1, 0.15) is 0 Å². The first-order valence-electron chi connectivity index (χ1n) is 8.92. The van der Waals surface area contributed by atoms with E-state index >= 15 is 0 Å². The van der Waals surface area contributed by atoms with Gasteiger partial charge in [0.2, 0.25) is 0 Å². The molecule has 0 aromatic heterocycles. The quantitative estimate of drug-likeness (QED) is 0.630. The Kier molecular flexibility index (Phi) is 5.62. The van der Waals surface area contributed by atoms with Crippen molar-refractivity contribution < 1.29 is 4.92 Å². The monoisotopic (exact) mass is 317 g/mol. The Labute approximate surface area is 138 Å². The van der Waals surface area contributed by atoms with Gasteiger partial charge in [-0.2, -0.15) is 0 Å². The number of nitro groups is 1. The van der Waals surface area contributed by atoms with Gasteiger partial charge >= 0.3 is 0 Å². The van der Waals surface area contributed by atoms with Gasteiger partial charge in [0, 0.05) is 24.7 Å². The van der Waals surface area contributed by atoms with Crippen LogP contribution in [-0.2, 0) is 6.54 Å². The molecular formula is C18H27N3O2. The van der Waals surface area contributed by atoms with Gasteiger partial charge in [-0.1, -0.05) is 25.0 Å². The molecule has 2 aliphatic rings. The second kappa shape index (κ2) is 7.88. The Hall–Kier alpha value is -1.46. The van der Waals surface area contributed by atoms with Crippen molar-refractivity contribution >= 4 is 5.69 Å². The molecule has 1 aromatic carbocycles. The highest BCUT2D eigenvalue weighted by molar-refractivity contribution is 5.34. The molecule has 0 amide bonds. The Morgan fingerprint density at radius 1 is 1.04 bits per heavy atom. The number of rotatable bonds is 4. The van der Waals surface area contributed by atoms with Crippen molar-refractivity contribution in [2.45, 2.75) is 51.1 Å². The van der Waals surface area contributed by atoms with Crippen molar-refractivity contribution in [3.8, 4) is 0 Å². The van der Waals surface area contributed by atoms with Crippen molar-refractivity contribution in [1.29, 1.82) is 0 Å². The second-order valence-electron chi connectivity index (χ2n) is 6.88. The topological polar surface area (TPSA) is 49.6 Å². The van der Waals surface area contributed by atoms with E-state index in [0.29, 0.717) is 0 Å². The highest BCUT2D eigenvalue weighted by atomic mass is 16.6. The SMILES string of the molecule is O=[N+]([O-])c1cccc(CN2CCC(N3CCCCCC3)CC2)c1. The van der Waals surface area contributed by atoms with Gasteiger partial charge in [-0.3, -0.25) is 15.0 Å². The van der Waals surface area contributed by atoms with Crippen LogP contribution in [0, 0.1) is 10.1 Å². The summed E-state index contributed by atoms with van der Waals surface area (Å²) in [5.74, 6) is 0. The van der Waals surface area contributed by atoms with Crippen LogP contribution in [0.5, 0.6) is 0 Å². The zero-order chi connectivity index (χ0) is 16.1. The van der Waals surface area contributed by atoms with Crippen LogP contribution >= 0.6 is 0 Å². The first-order valence-corrected chi connectivity index (χ1v) is 8.92. The number of hydrogen-bond acceptors (Lipinski definition) is 4. The van der Waals surface area contributed by atoms with Gasteiger partial charge in [-0.15, -0.1) is 0 Å². The van der Waals surface area contributed by atoms with Crippen LogP contribution < -0.4 is 0 Å². The van der Waals surface area contributed by atoms with Crippen LogP contribution in [0.4, 0.5) is 5.69 Å². The van der Waals surface area contributed by atoms with Gasteiger partial charge < -0.3 is 4.90 Å². The highest BCUT2D eigenvalue weighted by Gasteiger charge is 2.25. The maximum atomic E-state index is 10.9. The third kappa shape index (κ3) is 4.52. The number of benzene rings is 1. The Morgan fingerprint density at radius 2 is 1.74 bits per heavy atom. The smallest absolute Gasteiger partial charge is 0.269 e. The van der Waals surface area contributed by atoms with Gasteiger partial charge in [0.15, 0.2) is 0 Å². The summed E-state index contributed by atoms with van der Waals surface area (Å²) < 4.78 is 0. The summed E-state index contributed by atoms with van der Waals surface area (Å²) >= 11 is 0. The minimum absolute atomic E-state index is 0.196. The molecule has 3 rings (SSSR count). The molecule has 2 fully saturated rings. The largest absolute Gasteiger partial charge is 0.300 e. The third-order valence-electron chi connectivity index (χ3n) is 5.24. The Morgan fingerprint density at radius 3 is 2.39 bits per heavy atom. The number of piperidine rings is 1. The maximum Gasteiger partial charge on any atom is 0.269 e. The lowest BCUT2D eigenvalue weighted by Crippen LogP contribution is -2.45. The summed E-state index contributed by atoms with van der Waals surface area (Å²) in [7, 11) is 0. The molecule has 0 unspecified atom stereocenters. The average molecular weight is 317 g/mol. The molecule has 2 heterocycles. The van der Waals surface area contributed by atoms with E-state index in [1.165, 1.54) is 51.6 Å². The standard InChI is InChI=1S/C18H27N3O2/c22-21(23)18-7-5-6-16(14-18)15-19-12-8-17(9-13-19)20-10-3-1-2-4-11-20/h5-7,14,17H,1-4,8-13,15H2. The highest BCUT2D eigenvalue weighted by Crippen LogP contribution is 2.22. The van der Waals surface area contributed by atoms with Crippen LogP contribution in [-0.4, -0.2) is 46.9 Å². The molecular weight excluding hydrogens is 290 g/mol. The van der Waals surface area contributed by atoms with E-state index in [4.69, 9.17) is 0 Å². The lowest BCUT2D eigenvalue weighted by atomic mass is 10.0. The fourth-order valence-corrected chi connectivity index (χ4v) is 3.93. The number of hydrogen-bond donors (Lipinski definition) is 0. The summed E-state index contributed by atoms with van der Waals surface area (Å²) in [6, 6.07) is 7.80. The molecule has 5 nitrogen and oxygen atoms in total.